The minimum atomic E-state index is -1.03. The highest BCUT2D eigenvalue weighted by Crippen LogP contribution is 2.49. The maximum atomic E-state index is 12.3. The lowest BCUT2D eigenvalue weighted by atomic mass is 9.72. The molecule has 1 N–H and O–H groups in total. The molecule has 20 heavy (non-hydrogen) atoms. The highest BCUT2D eigenvalue weighted by molar-refractivity contribution is 5.80. The molecule has 1 fully saturated rings. The van der Waals surface area contributed by atoms with Gasteiger partial charge in [0.25, 0.3) is 0 Å². The number of carbonyl (C=O) groups excluding carboxylic acids is 2. The predicted octanol–water partition coefficient (Wildman–Crippen LogP) is 1.84. The van der Waals surface area contributed by atoms with Gasteiger partial charge in [0.2, 0.25) is 0 Å². The quantitative estimate of drug-likeness (QED) is 0.595. The van der Waals surface area contributed by atoms with Crippen molar-refractivity contribution < 1.29 is 24.2 Å². The first kappa shape index (κ1) is 16.7. The van der Waals surface area contributed by atoms with E-state index in [1.807, 2.05) is 19.1 Å². The van der Waals surface area contributed by atoms with E-state index in [-0.39, 0.29) is 18.3 Å². The zero-order chi connectivity index (χ0) is 15.2. The van der Waals surface area contributed by atoms with Gasteiger partial charge >= 0.3 is 11.9 Å². The second kappa shape index (κ2) is 7.43. The Morgan fingerprint density at radius 1 is 1.25 bits per heavy atom. The number of hydrogen-bond donors (Lipinski definition) is 1. The van der Waals surface area contributed by atoms with E-state index in [0.29, 0.717) is 19.3 Å². The van der Waals surface area contributed by atoms with Crippen molar-refractivity contribution in [3.63, 3.8) is 0 Å². The Morgan fingerprint density at radius 3 is 2.50 bits per heavy atom. The van der Waals surface area contributed by atoms with Gasteiger partial charge in [-0.2, -0.15) is 0 Å². The number of methoxy groups -OCH3 is 2. The molecule has 1 aliphatic carbocycles. The molecule has 0 heterocycles. The zero-order valence-corrected chi connectivity index (χ0v) is 12.4. The molecular weight excluding hydrogens is 260 g/mol. The molecule has 1 saturated carbocycles. The van der Waals surface area contributed by atoms with E-state index in [4.69, 9.17) is 4.74 Å². The first-order chi connectivity index (χ1) is 9.52. The molecule has 0 radical (unpaired) electrons. The minimum Gasteiger partial charge on any atom is -0.469 e. The Labute approximate surface area is 119 Å². The maximum Gasteiger partial charge on any atom is 0.315 e. The molecule has 0 amide bonds. The Kier molecular flexibility index (Phi) is 6.20. The highest BCUT2D eigenvalue weighted by atomic mass is 16.5. The fourth-order valence-electron chi connectivity index (χ4n) is 3.04. The van der Waals surface area contributed by atoms with Crippen molar-refractivity contribution in [1.82, 2.24) is 0 Å². The van der Waals surface area contributed by atoms with Crippen LogP contribution < -0.4 is 0 Å². The van der Waals surface area contributed by atoms with Crippen LogP contribution in [-0.4, -0.2) is 37.4 Å². The molecule has 0 aliphatic heterocycles. The van der Waals surface area contributed by atoms with Crippen molar-refractivity contribution in [2.24, 2.45) is 11.3 Å². The van der Waals surface area contributed by atoms with Gasteiger partial charge in [-0.15, -0.1) is 0 Å². The third kappa shape index (κ3) is 3.20. The lowest BCUT2D eigenvalue weighted by Crippen LogP contribution is -2.44. The third-order valence-electron chi connectivity index (χ3n) is 4.18. The van der Waals surface area contributed by atoms with Crippen LogP contribution in [-0.2, 0) is 19.1 Å². The van der Waals surface area contributed by atoms with E-state index in [9.17, 15) is 14.7 Å². The zero-order valence-electron chi connectivity index (χ0n) is 12.4. The van der Waals surface area contributed by atoms with Crippen molar-refractivity contribution in [2.45, 2.75) is 45.1 Å². The average Bonchev–Trinajstić information content (AvgIpc) is 2.76. The third-order valence-corrected chi connectivity index (χ3v) is 4.18. The number of ether oxygens (including phenoxy) is 2. The van der Waals surface area contributed by atoms with Crippen LogP contribution in [0.4, 0.5) is 0 Å². The molecule has 0 bridgehead atoms. The van der Waals surface area contributed by atoms with E-state index in [2.05, 4.69) is 4.74 Å². The summed E-state index contributed by atoms with van der Waals surface area (Å²) in [5.41, 5.74) is -1.03. The van der Waals surface area contributed by atoms with Gasteiger partial charge in [0.15, 0.2) is 0 Å². The highest BCUT2D eigenvalue weighted by Gasteiger charge is 2.55. The van der Waals surface area contributed by atoms with Gasteiger partial charge in [0.05, 0.1) is 20.3 Å². The SMILES string of the molecule is CC/C=C\CC1(C(=O)OC)C(O)CCC1CC(=O)OC. The van der Waals surface area contributed by atoms with Gasteiger partial charge in [-0.3, -0.25) is 9.59 Å². The molecule has 0 spiro atoms. The lowest BCUT2D eigenvalue weighted by Gasteiger charge is -2.34. The normalized spacial score (nSPS) is 29.6. The molecule has 3 unspecified atom stereocenters. The number of carbonyl (C=O) groups is 2. The number of hydrogen-bond acceptors (Lipinski definition) is 5. The molecule has 1 rings (SSSR count). The van der Waals surface area contributed by atoms with Crippen molar-refractivity contribution >= 4 is 11.9 Å². The standard InChI is InChI=1S/C15H24O5/c1-4-5-6-9-15(14(18)20-3)11(7-8-12(15)16)10-13(17)19-2/h5-6,11-12,16H,4,7-10H2,1-3H3/b6-5-. The van der Waals surface area contributed by atoms with Crippen molar-refractivity contribution in [1.29, 1.82) is 0 Å². The van der Waals surface area contributed by atoms with Crippen molar-refractivity contribution in [3.8, 4) is 0 Å². The van der Waals surface area contributed by atoms with Crippen LogP contribution in [0.3, 0.4) is 0 Å². The topological polar surface area (TPSA) is 72.8 Å². The predicted molar refractivity (Wildman–Crippen MR) is 73.9 cm³/mol. The molecule has 114 valence electrons. The Hall–Kier alpha value is -1.36. The van der Waals surface area contributed by atoms with E-state index in [1.165, 1.54) is 14.2 Å². The van der Waals surface area contributed by atoms with E-state index in [1.54, 1.807) is 0 Å². The Morgan fingerprint density at radius 2 is 1.95 bits per heavy atom. The van der Waals surface area contributed by atoms with E-state index in [0.717, 1.165) is 6.42 Å². The first-order valence-corrected chi connectivity index (χ1v) is 7.01. The largest absolute Gasteiger partial charge is 0.469 e. The van der Waals surface area contributed by atoms with Gasteiger partial charge in [-0.05, 0) is 31.6 Å². The van der Waals surface area contributed by atoms with Crippen LogP contribution in [0.1, 0.15) is 39.0 Å². The molecule has 1 aliphatic rings. The number of allylic oxidation sites excluding steroid dienone is 2. The van der Waals surface area contributed by atoms with Crippen LogP contribution in [0.15, 0.2) is 12.2 Å². The summed E-state index contributed by atoms with van der Waals surface area (Å²) in [5.74, 6) is -1.06. The summed E-state index contributed by atoms with van der Waals surface area (Å²) in [4.78, 5) is 23.8. The first-order valence-electron chi connectivity index (χ1n) is 7.01. The van der Waals surface area contributed by atoms with E-state index >= 15 is 0 Å². The summed E-state index contributed by atoms with van der Waals surface area (Å²) < 4.78 is 9.59. The summed E-state index contributed by atoms with van der Waals surface area (Å²) in [6.07, 6.45) is 5.53. The molecule has 0 aromatic carbocycles. The van der Waals surface area contributed by atoms with Crippen LogP contribution in [0.25, 0.3) is 0 Å². The molecule has 0 saturated heterocycles. The summed E-state index contributed by atoms with van der Waals surface area (Å²) in [5, 5.41) is 10.3. The van der Waals surface area contributed by atoms with Crippen LogP contribution in [0.5, 0.6) is 0 Å². The monoisotopic (exact) mass is 284 g/mol. The molecule has 3 atom stereocenters. The number of esters is 2. The van der Waals surface area contributed by atoms with Gasteiger partial charge in [-0.25, -0.2) is 0 Å². The van der Waals surface area contributed by atoms with Crippen LogP contribution >= 0.6 is 0 Å². The fraction of sp³-hybridized carbons (Fsp3) is 0.733. The number of aliphatic hydroxyl groups excluding tert-OH is 1. The lowest BCUT2D eigenvalue weighted by molar-refractivity contribution is -0.163. The second-order valence-electron chi connectivity index (χ2n) is 5.19. The van der Waals surface area contributed by atoms with Gasteiger partial charge in [0.1, 0.15) is 5.41 Å². The van der Waals surface area contributed by atoms with Gasteiger partial charge < -0.3 is 14.6 Å². The Bertz CT molecular complexity index is 376. The van der Waals surface area contributed by atoms with Gasteiger partial charge in [0, 0.05) is 6.42 Å². The smallest absolute Gasteiger partial charge is 0.315 e. The molecule has 0 aromatic heterocycles. The summed E-state index contributed by atoms with van der Waals surface area (Å²) in [6.45, 7) is 2.00. The second-order valence-corrected chi connectivity index (χ2v) is 5.19. The van der Waals surface area contributed by atoms with E-state index < -0.39 is 17.5 Å². The number of aliphatic hydroxyl groups is 1. The van der Waals surface area contributed by atoms with Crippen molar-refractivity contribution in [3.05, 3.63) is 12.2 Å². The summed E-state index contributed by atoms with van der Waals surface area (Å²) in [6, 6.07) is 0. The molecule has 5 nitrogen and oxygen atoms in total. The summed E-state index contributed by atoms with van der Waals surface area (Å²) in [7, 11) is 2.64. The van der Waals surface area contributed by atoms with Crippen LogP contribution in [0, 0.1) is 11.3 Å². The maximum absolute atomic E-state index is 12.3. The summed E-state index contributed by atoms with van der Waals surface area (Å²) >= 11 is 0. The molecular formula is C15H24O5. The molecule has 5 heteroatoms. The Balaban J connectivity index is 3.04. The fourth-order valence-corrected chi connectivity index (χ4v) is 3.04. The van der Waals surface area contributed by atoms with Crippen molar-refractivity contribution in [2.75, 3.05) is 14.2 Å². The minimum absolute atomic E-state index is 0.128. The number of rotatable bonds is 6. The average molecular weight is 284 g/mol. The molecule has 0 aromatic rings. The van der Waals surface area contributed by atoms with Gasteiger partial charge in [-0.1, -0.05) is 19.1 Å². The van der Waals surface area contributed by atoms with Crippen LogP contribution in [0.2, 0.25) is 0 Å².